The lowest BCUT2D eigenvalue weighted by Crippen LogP contribution is -2.28. The number of ketones is 1. The second-order valence-corrected chi connectivity index (χ2v) is 3.90. The molecule has 2 rings (SSSR count). The van der Waals surface area contributed by atoms with E-state index in [1.165, 1.54) is 18.1 Å². The van der Waals surface area contributed by atoms with Crippen LogP contribution in [0.15, 0.2) is 53.6 Å². The van der Waals surface area contributed by atoms with E-state index in [0.717, 1.165) is 0 Å². The smallest absolute Gasteiger partial charge is 0.213 e. The average Bonchev–Trinajstić information content (AvgIpc) is 2.39. The molecule has 0 heterocycles. The lowest BCUT2D eigenvalue weighted by Gasteiger charge is -2.24. The van der Waals surface area contributed by atoms with Gasteiger partial charge in [0.25, 0.3) is 0 Å². The molecule has 0 fully saturated rings. The fraction of sp³-hybridized carbons (Fsp3) is 0.143. The lowest BCUT2D eigenvalue weighted by atomic mass is 9.91. The minimum absolute atomic E-state index is 0.0238. The van der Waals surface area contributed by atoms with E-state index in [0.29, 0.717) is 11.1 Å². The van der Waals surface area contributed by atoms with Gasteiger partial charge in [0.2, 0.25) is 5.78 Å². The zero-order chi connectivity index (χ0) is 13.3. The number of allylic oxidation sites excluding steroid dienone is 2. The molecule has 0 spiro atoms. The Morgan fingerprint density at radius 3 is 2.50 bits per heavy atom. The Morgan fingerprint density at radius 1 is 1.33 bits per heavy atom. The molecule has 1 aromatic rings. The van der Waals surface area contributed by atoms with Crippen molar-refractivity contribution in [1.29, 1.82) is 0 Å². The highest BCUT2D eigenvalue weighted by Gasteiger charge is 2.32. The van der Waals surface area contributed by atoms with E-state index in [-0.39, 0.29) is 17.2 Å². The van der Waals surface area contributed by atoms with E-state index in [4.69, 9.17) is 0 Å². The predicted molar refractivity (Wildman–Crippen MR) is 69.3 cm³/mol. The van der Waals surface area contributed by atoms with E-state index in [1.807, 2.05) is 0 Å². The molecule has 4 heteroatoms. The Morgan fingerprint density at radius 2 is 1.94 bits per heavy atom. The van der Waals surface area contributed by atoms with Crippen molar-refractivity contribution in [3.63, 3.8) is 0 Å². The number of likely N-dealkylation sites (N-methyl/N-ethyl adjacent to an activating group) is 1. The fourth-order valence-electron chi connectivity index (χ4n) is 1.97. The largest absolute Gasteiger partial charge is 0.346 e. The monoisotopic (exact) mass is 244 g/mol. The summed E-state index contributed by atoms with van der Waals surface area (Å²) in [5, 5.41) is 0. The van der Waals surface area contributed by atoms with E-state index >= 15 is 0 Å². The van der Waals surface area contributed by atoms with Crippen LogP contribution in [-0.4, -0.2) is 30.5 Å². The quantitative estimate of drug-likeness (QED) is 0.801. The summed E-state index contributed by atoms with van der Waals surface area (Å²) < 4.78 is 14.3. The van der Waals surface area contributed by atoms with Crippen molar-refractivity contribution in [3.8, 4) is 0 Å². The van der Waals surface area contributed by atoms with Crippen LogP contribution >= 0.6 is 0 Å². The van der Waals surface area contributed by atoms with Crippen molar-refractivity contribution in [3.05, 3.63) is 59.7 Å². The maximum Gasteiger partial charge on any atom is 0.213 e. The molecule has 0 radical (unpaired) electrons. The van der Waals surface area contributed by atoms with Crippen molar-refractivity contribution < 1.29 is 9.18 Å². The number of nitrogens with zero attached hydrogens (tertiary/aromatic N) is 2. The number of halogens is 1. The van der Waals surface area contributed by atoms with Gasteiger partial charge in [-0.3, -0.25) is 9.79 Å². The first-order valence-electron chi connectivity index (χ1n) is 5.48. The van der Waals surface area contributed by atoms with E-state index < -0.39 is 5.83 Å². The molecule has 0 N–H and O–H groups in total. The highest BCUT2D eigenvalue weighted by Crippen LogP contribution is 2.29. The number of rotatable bonds is 2. The van der Waals surface area contributed by atoms with Gasteiger partial charge in [-0.05, 0) is 6.20 Å². The first-order valence-corrected chi connectivity index (χ1v) is 5.48. The minimum atomic E-state index is -0.608. The van der Waals surface area contributed by atoms with E-state index in [9.17, 15) is 9.18 Å². The van der Waals surface area contributed by atoms with Crippen molar-refractivity contribution in [2.75, 3.05) is 14.1 Å². The predicted octanol–water partition coefficient (Wildman–Crippen LogP) is 2.56. The summed E-state index contributed by atoms with van der Waals surface area (Å²) in [6.45, 7) is 3.54. The fourth-order valence-corrected chi connectivity index (χ4v) is 1.97. The van der Waals surface area contributed by atoms with Gasteiger partial charge in [0.05, 0.1) is 0 Å². The third-order valence-corrected chi connectivity index (χ3v) is 2.91. The highest BCUT2D eigenvalue weighted by atomic mass is 19.1. The number of aliphatic imine (C=N–C) groups is 1. The number of carbonyl (C=O) groups excluding carboxylic acids is 1. The summed E-state index contributed by atoms with van der Waals surface area (Å²) in [5.41, 5.74) is 1.17. The van der Waals surface area contributed by atoms with Gasteiger partial charge >= 0.3 is 0 Å². The summed E-state index contributed by atoms with van der Waals surface area (Å²) in [7, 11) is 3.09. The van der Waals surface area contributed by atoms with Gasteiger partial charge in [-0.1, -0.05) is 30.8 Å². The highest BCUT2D eigenvalue weighted by molar-refractivity contribution is 6.27. The maximum atomic E-state index is 14.3. The van der Waals surface area contributed by atoms with Gasteiger partial charge in [0, 0.05) is 25.2 Å². The molecular weight excluding hydrogens is 231 g/mol. The molecule has 92 valence electrons. The molecule has 0 aliphatic heterocycles. The summed E-state index contributed by atoms with van der Waals surface area (Å²) in [6.07, 6.45) is 1.40. The number of fused-ring (bicyclic) bond motifs is 1. The van der Waals surface area contributed by atoms with Crippen LogP contribution in [0.3, 0.4) is 0 Å². The summed E-state index contributed by atoms with van der Waals surface area (Å²) in [4.78, 5) is 17.6. The number of carbonyl (C=O) groups is 1. The summed E-state index contributed by atoms with van der Waals surface area (Å²) >= 11 is 0. The molecule has 0 amide bonds. The molecule has 0 unspecified atom stereocenters. The number of Topliss-reactive ketones (excluding diaryl/α,β-unsaturated/α-hetero) is 1. The van der Waals surface area contributed by atoms with Crippen molar-refractivity contribution in [2.24, 2.45) is 4.99 Å². The molecule has 3 nitrogen and oxygen atoms in total. The third kappa shape index (κ3) is 1.66. The van der Waals surface area contributed by atoms with Gasteiger partial charge in [-0.15, -0.1) is 0 Å². The van der Waals surface area contributed by atoms with Gasteiger partial charge in [-0.2, -0.15) is 0 Å². The topological polar surface area (TPSA) is 32.7 Å². The van der Waals surface area contributed by atoms with Crippen LogP contribution in [0.2, 0.25) is 0 Å². The molecule has 0 atom stereocenters. The van der Waals surface area contributed by atoms with Gasteiger partial charge in [0.15, 0.2) is 5.83 Å². The zero-order valence-electron chi connectivity index (χ0n) is 10.3. The van der Waals surface area contributed by atoms with E-state index in [2.05, 4.69) is 11.6 Å². The summed E-state index contributed by atoms with van der Waals surface area (Å²) in [6, 6.07) is 6.87. The Hall–Kier alpha value is -2.23. The molecular formula is C14H13FN2O. The SMILES string of the molecule is C=CN(C)C1=C(F)/C(=N/C)c2ccccc2C1=O. The number of benzene rings is 1. The Bertz CT molecular complexity index is 587. The number of hydrogen-bond donors (Lipinski definition) is 0. The lowest BCUT2D eigenvalue weighted by molar-refractivity contribution is 0.100. The molecule has 0 bridgehead atoms. The zero-order valence-corrected chi connectivity index (χ0v) is 10.3. The van der Waals surface area contributed by atoms with Gasteiger partial charge in [0.1, 0.15) is 11.4 Å². The average molecular weight is 244 g/mol. The van der Waals surface area contributed by atoms with Crippen molar-refractivity contribution in [1.82, 2.24) is 4.90 Å². The Balaban J connectivity index is 2.72. The molecule has 0 aromatic heterocycles. The third-order valence-electron chi connectivity index (χ3n) is 2.91. The summed E-state index contributed by atoms with van der Waals surface area (Å²) in [5.74, 6) is -0.957. The first-order chi connectivity index (χ1) is 8.61. The van der Waals surface area contributed by atoms with Gasteiger partial charge in [-0.25, -0.2) is 4.39 Å². The van der Waals surface area contributed by atoms with Crippen molar-refractivity contribution >= 4 is 11.5 Å². The molecule has 1 aliphatic rings. The molecule has 0 saturated heterocycles. The maximum absolute atomic E-state index is 14.3. The van der Waals surface area contributed by atoms with Crippen LogP contribution in [0.5, 0.6) is 0 Å². The standard InChI is InChI=1S/C14H13FN2O/c1-4-17(3)13-11(15)12(16-2)9-7-5-6-8-10(9)14(13)18/h4-8H,1H2,2-3H3/b16-12+. The van der Waals surface area contributed by atoms with Crippen LogP contribution in [0.1, 0.15) is 15.9 Å². The minimum Gasteiger partial charge on any atom is -0.346 e. The Kier molecular flexibility index (Phi) is 3.10. The van der Waals surface area contributed by atoms with Crippen LogP contribution in [0.25, 0.3) is 0 Å². The molecule has 18 heavy (non-hydrogen) atoms. The second-order valence-electron chi connectivity index (χ2n) is 3.90. The van der Waals surface area contributed by atoms with Crippen LogP contribution in [0, 0.1) is 0 Å². The number of hydrogen-bond acceptors (Lipinski definition) is 3. The Labute approximate surface area is 105 Å². The van der Waals surface area contributed by atoms with Crippen LogP contribution < -0.4 is 0 Å². The van der Waals surface area contributed by atoms with Gasteiger partial charge < -0.3 is 4.90 Å². The van der Waals surface area contributed by atoms with Crippen molar-refractivity contribution in [2.45, 2.75) is 0 Å². The van der Waals surface area contributed by atoms with E-state index in [1.54, 1.807) is 31.3 Å². The molecule has 1 aliphatic carbocycles. The normalized spacial score (nSPS) is 16.8. The second kappa shape index (κ2) is 4.56. The molecule has 1 aromatic carbocycles. The molecule has 0 saturated carbocycles. The van der Waals surface area contributed by atoms with Crippen LogP contribution in [0.4, 0.5) is 4.39 Å². The first kappa shape index (κ1) is 12.2. The van der Waals surface area contributed by atoms with Crippen LogP contribution in [-0.2, 0) is 0 Å².